The van der Waals surface area contributed by atoms with E-state index in [1.807, 2.05) is 7.05 Å². The molecular formula is C22H38N4O. The summed E-state index contributed by atoms with van der Waals surface area (Å²) in [6.45, 7) is 10.4. The van der Waals surface area contributed by atoms with Crippen LogP contribution in [0.25, 0.3) is 0 Å². The Hall–Kier alpha value is -1.59. The predicted molar refractivity (Wildman–Crippen MR) is 114 cm³/mol. The third-order valence-corrected chi connectivity index (χ3v) is 5.38. The zero-order valence-electron chi connectivity index (χ0n) is 17.8. The summed E-state index contributed by atoms with van der Waals surface area (Å²) >= 11 is 0. The third kappa shape index (κ3) is 7.51. The van der Waals surface area contributed by atoms with Crippen LogP contribution >= 0.6 is 0 Å². The zero-order valence-corrected chi connectivity index (χ0v) is 17.8. The Morgan fingerprint density at radius 3 is 2.56 bits per heavy atom. The van der Waals surface area contributed by atoms with Crippen LogP contribution in [0.15, 0.2) is 35.3 Å². The van der Waals surface area contributed by atoms with E-state index in [1.54, 1.807) is 0 Å². The molecule has 1 atom stereocenters. The second kappa shape index (κ2) is 10.7. The SMILES string of the molecule is CN=C(NCC(C)(C)NC(C)c1ccccc1)N(C)CCC1CCOCC1. The largest absolute Gasteiger partial charge is 0.381 e. The minimum atomic E-state index is -0.0489. The average molecular weight is 375 g/mol. The summed E-state index contributed by atoms with van der Waals surface area (Å²) in [5, 5.41) is 7.27. The molecule has 0 radical (unpaired) electrons. The second-order valence-electron chi connectivity index (χ2n) is 8.33. The molecule has 1 fully saturated rings. The quantitative estimate of drug-likeness (QED) is 0.541. The molecule has 2 N–H and O–H groups in total. The van der Waals surface area contributed by atoms with Crippen LogP contribution in [0.5, 0.6) is 0 Å². The van der Waals surface area contributed by atoms with E-state index < -0.39 is 0 Å². The molecule has 5 heteroatoms. The van der Waals surface area contributed by atoms with Crippen molar-refractivity contribution in [3.8, 4) is 0 Å². The van der Waals surface area contributed by atoms with Crippen LogP contribution < -0.4 is 10.6 Å². The molecule has 1 heterocycles. The lowest BCUT2D eigenvalue weighted by molar-refractivity contribution is 0.0625. The monoisotopic (exact) mass is 374 g/mol. The number of guanidine groups is 1. The minimum absolute atomic E-state index is 0.0489. The van der Waals surface area contributed by atoms with Gasteiger partial charge in [-0.3, -0.25) is 4.99 Å². The standard InChI is InChI=1S/C22H38N4O/c1-18(20-9-7-6-8-10-20)25-22(2,3)17-24-21(23-4)26(5)14-11-19-12-15-27-16-13-19/h6-10,18-19,25H,11-17H2,1-5H3,(H,23,24). The van der Waals surface area contributed by atoms with Crippen molar-refractivity contribution < 1.29 is 4.74 Å². The maximum Gasteiger partial charge on any atom is 0.193 e. The summed E-state index contributed by atoms with van der Waals surface area (Å²) in [6.07, 6.45) is 3.58. The first-order valence-corrected chi connectivity index (χ1v) is 10.2. The lowest BCUT2D eigenvalue weighted by Crippen LogP contribution is -2.52. The van der Waals surface area contributed by atoms with E-state index in [9.17, 15) is 0 Å². The second-order valence-corrected chi connectivity index (χ2v) is 8.33. The van der Waals surface area contributed by atoms with Gasteiger partial charge in [-0.1, -0.05) is 30.3 Å². The van der Waals surface area contributed by atoms with Gasteiger partial charge < -0.3 is 20.3 Å². The van der Waals surface area contributed by atoms with Gasteiger partial charge in [0.1, 0.15) is 0 Å². The predicted octanol–water partition coefficient (Wildman–Crippen LogP) is 3.44. The van der Waals surface area contributed by atoms with E-state index in [0.717, 1.165) is 38.2 Å². The van der Waals surface area contributed by atoms with Gasteiger partial charge in [0.25, 0.3) is 0 Å². The van der Waals surface area contributed by atoms with E-state index >= 15 is 0 Å². The maximum atomic E-state index is 5.46. The Labute approximate surface area is 165 Å². The molecule has 0 spiro atoms. The molecule has 5 nitrogen and oxygen atoms in total. The van der Waals surface area contributed by atoms with Crippen LogP contribution in [0.2, 0.25) is 0 Å². The van der Waals surface area contributed by atoms with Crippen LogP contribution in [0.4, 0.5) is 0 Å². The van der Waals surface area contributed by atoms with Gasteiger partial charge in [0, 0.05) is 52.0 Å². The Balaban J connectivity index is 1.78. The summed E-state index contributed by atoms with van der Waals surface area (Å²) in [4.78, 5) is 6.71. The molecule has 152 valence electrons. The van der Waals surface area contributed by atoms with E-state index in [1.165, 1.54) is 24.8 Å². The van der Waals surface area contributed by atoms with Gasteiger partial charge in [0.05, 0.1) is 0 Å². The summed E-state index contributed by atoms with van der Waals surface area (Å²) in [5.41, 5.74) is 1.26. The Morgan fingerprint density at radius 2 is 1.93 bits per heavy atom. The van der Waals surface area contributed by atoms with Crippen LogP contribution in [0.1, 0.15) is 51.6 Å². The van der Waals surface area contributed by atoms with Gasteiger partial charge >= 0.3 is 0 Å². The molecule has 1 aliphatic heterocycles. The van der Waals surface area contributed by atoms with Crippen molar-refractivity contribution >= 4 is 5.96 Å². The zero-order chi connectivity index (χ0) is 19.7. The van der Waals surface area contributed by atoms with Crippen LogP contribution in [-0.4, -0.2) is 56.8 Å². The van der Waals surface area contributed by atoms with Crippen molar-refractivity contribution in [1.82, 2.24) is 15.5 Å². The highest BCUT2D eigenvalue weighted by Crippen LogP contribution is 2.19. The van der Waals surface area contributed by atoms with Crippen molar-refractivity contribution in [3.05, 3.63) is 35.9 Å². The normalized spacial score (nSPS) is 17.6. The van der Waals surface area contributed by atoms with E-state index in [-0.39, 0.29) is 5.54 Å². The van der Waals surface area contributed by atoms with Gasteiger partial charge in [-0.05, 0) is 51.5 Å². The van der Waals surface area contributed by atoms with Crippen LogP contribution in [-0.2, 0) is 4.74 Å². The number of nitrogens with one attached hydrogen (secondary N) is 2. The fourth-order valence-corrected chi connectivity index (χ4v) is 3.66. The third-order valence-electron chi connectivity index (χ3n) is 5.38. The molecule has 1 aromatic carbocycles. The molecule has 1 aliphatic rings. The van der Waals surface area contributed by atoms with Crippen molar-refractivity contribution in [3.63, 3.8) is 0 Å². The van der Waals surface area contributed by atoms with Gasteiger partial charge in [-0.2, -0.15) is 0 Å². The average Bonchev–Trinajstić information content (AvgIpc) is 2.68. The number of hydrogen-bond acceptors (Lipinski definition) is 3. The van der Waals surface area contributed by atoms with Crippen LogP contribution in [0, 0.1) is 5.92 Å². The molecule has 27 heavy (non-hydrogen) atoms. The minimum Gasteiger partial charge on any atom is -0.381 e. The summed E-state index contributed by atoms with van der Waals surface area (Å²) in [6, 6.07) is 10.9. The Kier molecular flexibility index (Phi) is 8.58. The fraction of sp³-hybridized carbons (Fsp3) is 0.682. The highest BCUT2D eigenvalue weighted by atomic mass is 16.5. The molecule has 2 rings (SSSR count). The fourth-order valence-electron chi connectivity index (χ4n) is 3.66. The maximum absolute atomic E-state index is 5.46. The molecule has 1 aromatic rings. The molecule has 1 saturated heterocycles. The molecule has 0 bridgehead atoms. The summed E-state index contributed by atoms with van der Waals surface area (Å²) in [7, 11) is 3.99. The lowest BCUT2D eigenvalue weighted by Gasteiger charge is -2.33. The smallest absolute Gasteiger partial charge is 0.193 e. The highest BCUT2D eigenvalue weighted by Gasteiger charge is 2.22. The summed E-state index contributed by atoms with van der Waals surface area (Å²) in [5.74, 6) is 1.74. The number of rotatable bonds is 8. The van der Waals surface area contributed by atoms with Gasteiger partial charge in [-0.15, -0.1) is 0 Å². The van der Waals surface area contributed by atoms with E-state index in [2.05, 4.69) is 78.7 Å². The summed E-state index contributed by atoms with van der Waals surface area (Å²) < 4.78 is 5.46. The molecule has 0 amide bonds. The first-order valence-electron chi connectivity index (χ1n) is 10.2. The van der Waals surface area contributed by atoms with Crippen LogP contribution in [0.3, 0.4) is 0 Å². The number of aliphatic imine (C=N–C) groups is 1. The topological polar surface area (TPSA) is 48.9 Å². The lowest BCUT2D eigenvalue weighted by atomic mass is 9.96. The highest BCUT2D eigenvalue weighted by molar-refractivity contribution is 5.79. The number of benzene rings is 1. The van der Waals surface area contributed by atoms with Gasteiger partial charge in [-0.25, -0.2) is 0 Å². The number of hydrogen-bond donors (Lipinski definition) is 2. The van der Waals surface area contributed by atoms with E-state index in [4.69, 9.17) is 4.74 Å². The number of ether oxygens (including phenoxy) is 1. The Bertz CT molecular complexity index is 567. The molecule has 0 aromatic heterocycles. The molecule has 1 unspecified atom stereocenters. The molecule has 0 aliphatic carbocycles. The van der Waals surface area contributed by atoms with Crippen molar-refractivity contribution in [2.24, 2.45) is 10.9 Å². The molecule has 0 saturated carbocycles. The van der Waals surface area contributed by atoms with Gasteiger partial charge in [0.2, 0.25) is 0 Å². The van der Waals surface area contributed by atoms with E-state index in [0.29, 0.717) is 6.04 Å². The first-order chi connectivity index (χ1) is 12.9. The molecular weight excluding hydrogens is 336 g/mol. The number of nitrogens with zero attached hydrogens (tertiary/aromatic N) is 2. The first kappa shape index (κ1) is 21.7. The Morgan fingerprint density at radius 1 is 1.26 bits per heavy atom. The van der Waals surface area contributed by atoms with Crippen molar-refractivity contribution in [2.45, 2.75) is 51.6 Å². The van der Waals surface area contributed by atoms with Crippen molar-refractivity contribution in [1.29, 1.82) is 0 Å². The van der Waals surface area contributed by atoms with Crippen molar-refractivity contribution in [2.75, 3.05) is 40.4 Å². The van der Waals surface area contributed by atoms with Gasteiger partial charge in [0.15, 0.2) is 5.96 Å².